The van der Waals surface area contributed by atoms with E-state index in [1.54, 1.807) is 0 Å². The normalized spacial score (nSPS) is 12.0. The molecule has 0 atom stereocenters. The Morgan fingerprint density at radius 2 is 1.62 bits per heavy atom. The molecule has 0 aliphatic heterocycles. The molecule has 0 saturated carbocycles. The standard InChI is InChI=1S/C14H30O5Si2/c1-6-18-14(16)9-7-11-20(2,3)19-21(4,5)12-8-10-17-13-15/h13H,6-12H2,1-5H3. The number of ether oxygens (including phenoxy) is 2. The fourth-order valence-electron chi connectivity index (χ4n) is 2.37. The molecule has 0 N–H and O–H groups in total. The first-order valence-electron chi connectivity index (χ1n) is 7.63. The van der Waals surface area contributed by atoms with Gasteiger partial charge in [0.05, 0.1) is 13.2 Å². The molecule has 7 heteroatoms. The van der Waals surface area contributed by atoms with Crippen LogP contribution in [0.25, 0.3) is 0 Å². The van der Waals surface area contributed by atoms with Crippen molar-refractivity contribution >= 4 is 29.1 Å². The lowest BCUT2D eigenvalue weighted by atomic mass is 10.3. The van der Waals surface area contributed by atoms with Crippen LogP contribution in [0, 0.1) is 0 Å². The van der Waals surface area contributed by atoms with Crippen LogP contribution in [0.3, 0.4) is 0 Å². The summed E-state index contributed by atoms with van der Waals surface area (Å²) in [6, 6.07) is 1.95. The number of carbonyl (C=O) groups excluding carboxylic acids is 2. The first kappa shape index (κ1) is 20.3. The van der Waals surface area contributed by atoms with Crippen molar-refractivity contribution in [1.82, 2.24) is 0 Å². The van der Waals surface area contributed by atoms with Crippen LogP contribution in [0.1, 0.15) is 26.2 Å². The van der Waals surface area contributed by atoms with E-state index in [0.717, 1.165) is 24.9 Å². The molecule has 0 amide bonds. The maximum atomic E-state index is 11.3. The average molecular weight is 335 g/mol. The molecule has 0 aromatic rings. The summed E-state index contributed by atoms with van der Waals surface area (Å²) in [5.74, 6) is -0.121. The molecule has 0 radical (unpaired) electrons. The predicted octanol–water partition coefficient (Wildman–Crippen LogP) is 3.32. The summed E-state index contributed by atoms with van der Waals surface area (Å²) < 4.78 is 16.1. The van der Waals surface area contributed by atoms with Crippen LogP contribution >= 0.6 is 0 Å². The number of hydrogen-bond acceptors (Lipinski definition) is 5. The van der Waals surface area contributed by atoms with Gasteiger partial charge >= 0.3 is 5.97 Å². The van der Waals surface area contributed by atoms with Crippen LogP contribution in [0.4, 0.5) is 0 Å². The second kappa shape index (κ2) is 10.1. The van der Waals surface area contributed by atoms with Gasteiger partial charge in [0, 0.05) is 6.42 Å². The van der Waals surface area contributed by atoms with E-state index in [1.807, 2.05) is 6.92 Å². The highest BCUT2D eigenvalue weighted by atomic mass is 28.4. The van der Waals surface area contributed by atoms with E-state index in [9.17, 15) is 9.59 Å². The Labute approximate surface area is 130 Å². The second-order valence-corrected chi connectivity index (χ2v) is 15.2. The summed E-state index contributed by atoms with van der Waals surface area (Å²) in [4.78, 5) is 21.4. The molecule has 0 bridgehead atoms. The summed E-state index contributed by atoms with van der Waals surface area (Å²) in [7, 11) is -3.48. The van der Waals surface area contributed by atoms with Crippen LogP contribution in [0.5, 0.6) is 0 Å². The summed E-state index contributed by atoms with van der Waals surface area (Å²) in [5, 5.41) is 0. The lowest BCUT2D eigenvalue weighted by Crippen LogP contribution is -2.44. The smallest absolute Gasteiger partial charge is 0.305 e. The quantitative estimate of drug-likeness (QED) is 0.237. The third-order valence-corrected chi connectivity index (χ3v) is 10.7. The molecule has 5 nitrogen and oxygen atoms in total. The zero-order chi connectivity index (χ0) is 16.4. The molecule has 0 aliphatic rings. The van der Waals surface area contributed by atoms with Gasteiger partial charge < -0.3 is 13.6 Å². The van der Waals surface area contributed by atoms with Crippen LogP contribution in [0.2, 0.25) is 38.3 Å². The van der Waals surface area contributed by atoms with E-state index in [0.29, 0.717) is 26.1 Å². The van der Waals surface area contributed by atoms with Crippen molar-refractivity contribution in [1.29, 1.82) is 0 Å². The monoisotopic (exact) mass is 334 g/mol. The zero-order valence-corrected chi connectivity index (χ0v) is 16.1. The molecule has 0 saturated heterocycles. The van der Waals surface area contributed by atoms with Gasteiger partial charge in [-0.2, -0.15) is 0 Å². The van der Waals surface area contributed by atoms with Crippen molar-refractivity contribution in [3.8, 4) is 0 Å². The zero-order valence-electron chi connectivity index (χ0n) is 14.1. The largest absolute Gasteiger partial charge is 0.468 e. The Balaban J connectivity index is 4.06. The van der Waals surface area contributed by atoms with Crippen LogP contribution in [0.15, 0.2) is 0 Å². The Hall–Kier alpha value is -0.666. The Kier molecular flexibility index (Phi) is 9.80. The third kappa shape index (κ3) is 11.6. The topological polar surface area (TPSA) is 61.8 Å². The van der Waals surface area contributed by atoms with E-state index < -0.39 is 16.6 Å². The maximum absolute atomic E-state index is 11.3. The van der Waals surface area contributed by atoms with Gasteiger partial charge in [-0.1, -0.05) is 0 Å². The second-order valence-electron chi connectivity index (χ2n) is 6.35. The molecule has 0 aromatic carbocycles. The van der Waals surface area contributed by atoms with Crippen molar-refractivity contribution in [3.05, 3.63) is 0 Å². The lowest BCUT2D eigenvalue weighted by Gasteiger charge is -2.34. The SMILES string of the molecule is CCOC(=O)CCC[Si](C)(C)O[Si](C)(C)CCCOC=O. The van der Waals surface area contributed by atoms with Gasteiger partial charge in [-0.05, 0) is 58.0 Å². The molecule has 0 aromatic heterocycles. The molecule has 124 valence electrons. The first-order valence-corrected chi connectivity index (χ1v) is 13.9. The van der Waals surface area contributed by atoms with Crippen LogP contribution < -0.4 is 0 Å². The molecule has 0 rings (SSSR count). The Morgan fingerprint density at radius 1 is 1.05 bits per heavy atom. The summed E-state index contributed by atoms with van der Waals surface area (Å²) in [5.41, 5.74) is 0. The lowest BCUT2D eigenvalue weighted by molar-refractivity contribution is -0.143. The fourth-order valence-corrected chi connectivity index (χ4v) is 11.2. The van der Waals surface area contributed by atoms with Crippen molar-refractivity contribution in [2.24, 2.45) is 0 Å². The molecule has 0 heterocycles. The summed E-state index contributed by atoms with van der Waals surface area (Å²) >= 11 is 0. The minimum absolute atomic E-state index is 0.121. The molecule has 0 unspecified atom stereocenters. The molecular formula is C14H30O5Si2. The highest BCUT2D eigenvalue weighted by molar-refractivity contribution is 6.84. The van der Waals surface area contributed by atoms with E-state index in [-0.39, 0.29) is 5.97 Å². The fraction of sp³-hybridized carbons (Fsp3) is 0.857. The van der Waals surface area contributed by atoms with Gasteiger partial charge in [-0.25, -0.2) is 0 Å². The van der Waals surface area contributed by atoms with E-state index >= 15 is 0 Å². The van der Waals surface area contributed by atoms with Gasteiger partial charge in [0.1, 0.15) is 0 Å². The molecular weight excluding hydrogens is 304 g/mol. The van der Waals surface area contributed by atoms with Crippen LogP contribution in [-0.4, -0.2) is 42.3 Å². The Bertz CT molecular complexity index is 318. The third-order valence-electron chi connectivity index (χ3n) is 3.13. The van der Waals surface area contributed by atoms with Crippen molar-refractivity contribution in [2.75, 3.05) is 13.2 Å². The minimum atomic E-state index is -1.75. The number of rotatable bonds is 12. The number of esters is 1. The van der Waals surface area contributed by atoms with Gasteiger partial charge in [0.15, 0.2) is 16.6 Å². The van der Waals surface area contributed by atoms with Gasteiger partial charge in [-0.3, -0.25) is 9.59 Å². The van der Waals surface area contributed by atoms with E-state index in [1.165, 1.54) is 0 Å². The van der Waals surface area contributed by atoms with Gasteiger partial charge in [0.25, 0.3) is 6.47 Å². The van der Waals surface area contributed by atoms with Gasteiger partial charge in [0.2, 0.25) is 0 Å². The minimum Gasteiger partial charge on any atom is -0.468 e. The Morgan fingerprint density at radius 3 is 2.14 bits per heavy atom. The highest BCUT2D eigenvalue weighted by Crippen LogP contribution is 2.24. The van der Waals surface area contributed by atoms with E-state index in [2.05, 4.69) is 26.2 Å². The van der Waals surface area contributed by atoms with Crippen molar-refractivity contribution in [3.63, 3.8) is 0 Å². The molecule has 0 spiro atoms. The van der Waals surface area contributed by atoms with E-state index in [4.69, 9.17) is 13.6 Å². The molecule has 21 heavy (non-hydrogen) atoms. The number of hydrogen-bond donors (Lipinski definition) is 0. The molecule has 0 aliphatic carbocycles. The maximum Gasteiger partial charge on any atom is 0.305 e. The number of carbonyl (C=O) groups is 2. The van der Waals surface area contributed by atoms with Gasteiger partial charge in [-0.15, -0.1) is 0 Å². The average Bonchev–Trinajstić information content (AvgIpc) is 2.33. The van der Waals surface area contributed by atoms with Crippen LogP contribution in [-0.2, 0) is 23.2 Å². The summed E-state index contributed by atoms with van der Waals surface area (Å²) in [6.45, 7) is 12.0. The summed E-state index contributed by atoms with van der Waals surface area (Å²) in [6.07, 6.45) is 2.16. The van der Waals surface area contributed by atoms with Crippen molar-refractivity contribution < 1.29 is 23.2 Å². The van der Waals surface area contributed by atoms with Crippen molar-refractivity contribution in [2.45, 2.75) is 64.5 Å². The predicted molar refractivity (Wildman–Crippen MR) is 88.2 cm³/mol. The highest BCUT2D eigenvalue weighted by Gasteiger charge is 2.32. The first-order chi connectivity index (χ1) is 9.72. The molecule has 0 fully saturated rings.